The number of allylic oxidation sites excluding steroid dienone is 1. The normalized spacial score (nSPS) is 16.3. The molecule has 0 aromatic heterocycles. The van der Waals surface area contributed by atoms with E-state index in [1.54, 1.807) is 0 Å². The van der Waals surface area contributed by atoms with E-state index in [1.807, 2.05) is 0 Å². The zero-order valence-corrected chi connectivity index (χ0v) is 16.7. The summed E-state index contributed by atoms with van der Waals surface area (Å²) in [5.74, 6) is 0. The standard InChI is InChI=1S/C9H7.Hf.3HI/c1-2-5-9-7-3-6-8(9)4-1;;;;/h1-7H;;3*1H/q;+3;;;/p-3. The van der Waals surface area contributed by atoms with E-state index in [2.05, 4.69) is 36.4 Å². The molecule has 0 N–H and O–H groups in total. The van der Waals surface area contributed by atoms with E-state index < -0.39 is 0 Å². The molecule has 0 nitrogen and oxygen atoms in total. The van der Waals surface area contributed by atoms with Gasteiger partial charge in [0.1, 0.15) is 0 Å². The Morgan fingerprint density at radius 3 is 2.23 bits per heavy atom. The van der Waals surface area contributed by atoms with E-state index >= 15 is 0 Å². The van der Waals surface area contributed by atoms with Crippen molar-refractivity contribution in [3.63, 3.8) is 0 Å². The molecule has 68 valence electrons. The summed E-state index contributed by atoms with van der Waals surface area (Å²) in [6, 6.07) is 8.64. The summed E-state index contributed by atoms with van der Waals surface area (Å²) in [6.07, 6.45) is 4.53. The van der Waals surface area contributed by atoms with Crippen LogP contribution in [0.15, 0.2) is 30.3 Å². The Kier molecular flexibility index (Phi) is 11.0. The molecule has 0 saturated carbocycles. The second-order valence-electron chi connectivity index (χ2n) is 2.47. The maximum absolute atomic E-state index is 2.30. The van der Waals surface area contributed by atoms with Gasteiger partial charge in [0.2, 0.25) is 0 Å². The van der Waals surface area contributed by atoms with Gasteiger partial charge in [0.25, 0.3) is 0 Å². The van der Waals surface area contributed by atoms with Gasteiger partial charge in [-0.3, -0.25) is 0 Å². The number of rotatable bonds is 0. The second-order valence-corrected chi connectivity index (χ2v) is 4.70. The van der Waals surface area contributed by atoms with Gasteiger partial charge in [0, 0.05) is 0 Å². The van der Waals surface area contributed by atoms with Crippen molar-refractivity contribution in [3.05, 3.63) is 41.5 Å². The molecule has 0 radical (unpaired) electrons. The van der Waals surface area contributed by atoms with Gasteiger partial charge in [-0.05, 0) is 0 Å². The van der Waals surface area contributed by atoms with Gasteiger partial charge < -0.3 is 71.9 Å². The Morgan fingerprint density at radius 2 is 1.62 bits per heavy atom. The van der Waals surface area contributed by atoms with Crippen LogP contribution in [0.1, 0.15) is 14.8 Å². The SMILES string of the molecule is [Hf+3][CH]1C=Cc2ccccc21.[I-].[I-].[I-]. The molecule has 2 rings (SSSR count). The third kappa shape index (κ3) is 4.18. The maximum atomic E-state index is 2.30. The number of fused-ring (bicyclic) bond motifs is 1. The summed E-state index contributed by atoms with van der Waals surface area (Å²) in [5, 5.41) is 0. The second kappa shape index (κ2) is 8.20. The molecule has 0 amide bonds. The average molecular weight is 674 g/mol. The van der Waals surface area contributed by atoms with Crippen LogP contribution < -0.4 is 71.9 Å². The van der Waals surface area contributed by atoms with Crippen molar-refractivity contribution in [2.45, 2.75) is 3.67 Å². The van der Waals surface area contributed by atoms with Crippen molar-refractivity contribution in [1.82, 2.24) is 0 Å². The Hall–Kier alpha value is 2.02. The Labute approximate surface area is 145 Å². The van der Waals surface area contributed by atoms with Crippen molar-refractivity contribution >= 4 is 6.08 Å². The first-order chi connectivity index (χ1) is 4.88. The van der Waals surface area contributed by atoms with Crippen LogP contribution in [0.3, 0.4) is 0 Å². The molecule has 0 heterocycles. The molecule has 1 atom stereocenters. The minimum atomic E-state index is 0. The van der Waals surface area contributed by atoms with Crippen molar-refractivity contribution in [1.29, 1.82) is 0 Å². The summed E-state index contributed by atoms with van der Waals surface area (Å²) in [5.41, 5.74) is 2.94. The smallest absolute Gasteiger partial charge is 1.00 e. The predicted octanol–water partition coefficient (Wildman–Crippen LogP) is -6.69. The van der Waals surface area contributed by atoms with Crippen LogP contribution in [0.2, 0.25) is 0 Å². The summed E-state index contributed by atoms with van der Waals surface area (Å²) in [7, 11) is 0. The monoisotopic (exact) mass is 676 g/mol. The first-order valence-electron chi connectivity index (χ1n) is 3.36. The van der Waals surface area contributed by atoms with Crippen LogP contribution in [-0.2, 0) is 24.4 Å². The summed E-state index contributed by atoms with van der Waals surface area (Å²) < 4.78 is 0.760. The molecule has 1 unspecified atom stereocenters. The van der Waals surface area contributed by atoms with E-state index in [1.165, 1.54) is 35.5 Å². The fraction of sp³-hybridized carbons (Fsp3) is 0.111. The summed E-state index contributed by atoms with van der Waals surface area (Å²) >= 11 is 1.24. The molecule has 0 bridgehead atoms. The Balaban J connectivity index is 0. The quantitative estimate of drug-likeness (QED) is 0.190. The van der Waals surface area contributed by atoms with E-state index in [0.717, 1.165) is 3.67 Å². The molecule has 0 spiro atoms. The number of benzene rings is 1. The predicted molar refractivity (Wildman–Crippen MR) is 38.2 cm³/mol. The molecular weight excluding hydrogens is 667 g/mol. The van der Waals surface area contributed by atoms with Crippen molar-refractivity contribution in [2.24, 2.45) is 0 Å². The molecule has 1 aliphatic carbocycles. The zero-order valence-electron chi connectivity index (χ0n) is 6.68. The van der Waals surface area contributed by atoms with Crippen LogP contribution in [0, 0.1) is 0 Å². The van der Waals surface area contributed by atoms with Crippen LogP contribution >= 0.6 is 0 Å². The van der Waals surface area contributed by atoms with Gasteiger partial charge in [-0.25, -0.2) is 0 Å². The molecule has 0 aliphatic heterocycles. The number of halogens is 3. The van der Waals surface area contributed by atoms with E-state index in [4.69, 9.17) is 0 Å². The molecule has 0 fully saturated rings. The average Bonchev–Trinajstić information content (AvgIpc) is 2.34. The fourth-order valence-corrected chi connectivity index (χ4v) is 2.54. The van der Waals surface area contributed by atoms with Gasteiger partial charge in [0.15, 0.2) is 0 Å². The third-order valence-corrected chi connectivity index (χ3v) is 3.61. The Bertz CT molecular complexity index is 286. The van der Waals surface area contributed by atoms with Gasteiger partial charge >= 0.3 is 75.6 Å². The number of hydrogen-bond acceptors (Lipinski definition) is 0. The summed E-state index contributed by atoms with van der Waals surface area (Å²) in [6.45, 7) is 0. The van der Waals surface area contributed by atoms with Gasteiger partial charge in [0.05, 0.1) is 0 Å². The topological polar surface area (TPSA) is 0 Å². The first kappa shape index (κ1) is 17.4. The van der Waals surface area contributed by atoms with E-state index in [-0.39, 0.29) is 71.9 Å². The maximum Gasteiger partial charge on any atom is -1.00 e. The largest absolute Gasteiger partial charge is 1.00 e. The molecule has 1 aromatic carbocycles. The van der Waals surface area contributed by atoms with Crippen LogP contribution in [0.4, 0.5) is 0 Å². The zero-order chi connectivity index (χ0) is 6.97. The molecule has 13 heavy (non-hydrogen) atoms. The molecule has 0 saturated heterocycles. The van der Waals surface area contributed by atoms with Crippen LogP contribution in [0.5, 0.6) is 0 Å². The van der Waals surface area contributed by atoms with Gasteiger partial charge in [-0.1, -0.05) is 0 Å². The van der Waals surface area contributed by atoms with Crippen LogP contribution in [0.25, 0.3) is 6.08 Å². The third-order valence-electron chi connectivity index (χ3n) is 1.80. The van der Waals surface area contributed by atoms with E-state index in [9.17, 15) is 0 Å². The number of hydrogen-bond donors (Lipinski definition) is 0. The Morgan fingerprint density at radius 1 is 1.00 bits per heavy atom. The first-order valence-corrected chi connectivity index (χ1v) is 5.43. The van der Waals surface area contributed by atoms with Crippen molar-refractivity contribution in [3.8, 4) is 0 Å². The molecular formula is C9H7HfI3. The van der Waals surface area contributed by atoms with Crippen LogP contribution in [-0.4, -0.2) is 0 Å². The summed E-state index contributed by atoms with van der Waals surface area (Å²) in [4.78, 5) is 0. The molecule has 1 aromatic rings. The molecule has 4 heteroatoms. The van der Waals surface area contributed by atoms with Crippen molar-refractivity contribution < 1.29 is 96.3 Å². The fourth-order valence-electron chi connectivity index (χ4n) is 1.25. The minimum absolute atomic E-state index is 0. The minimum Gasteiger partial charge on any atom is -1.00 e. The van der Waals surface area contributed by atoms with Crippen molar-refractivity contribution in [2.75, 3.05) is 0 Å². The van der Waals surface area contributed by atoms with Gasteiger partial charge in [-0.2, -0.15) is 0 Å². The molecule has 1 aliphatic rings. The van der Waals surface area contributed by atoms with Gasteiger partial charge in [-0.15, -0.1) is 0 Å². The van der Waals surface area contributed by atoms with E-state index in [0.29, 0.717) is 0 Å².